The van der Waals surface area contributed by atoms with Gasteiger partial charge in [-0.1, -0.05) is 20.8 Å². The molecule has 160 valence electrons. The fourth-order valence-electron chi connectivity index (χ4n) is 4.10. The van der Waals surface area contributed by atoms with Crippen LogP contribution >= 0.6 is 0 Å². The molecule has 3 N–H and O–H groups in total. The molecule has 0 fully saturated rings. The maximum absolute atomic E-state index is 13.4. The van der Waals surface area contributed by atoms with Crippen LogP contribution in [0.5, 0.6) is 11.6 Å². The van der Waals surface area contributed by atoms with Gasteiger partial charge in [0.1, 0.15) is 11.7 Å². The Bertz CT molecular complexity index is 1140. The second kappa shape index (κ2) is 7.12. The number of ether oxygens (including phenoxy) is 1. The fourth-order valence-corrected chi connectivity index (χ4v) is 4.10. The van der Waals surface area contributed by atoms with Gasteiger partial charge in [-0.25, -0.2) is 4.79 Å². The monoisotopic (exact) mass is 416 g/mol. The first-order chi connectivity index (χ1) is 13.8. The molecule has 0 spiro atoms. The summed E-state index contributed by atoms with van der Waals surface area (Å²) < 4.78 is 5.59. The Balaban J connectivity index is 2.14. The number of nitrogens with one attached hydrogen (secondary N) is 3. The molecule has 1 unspecified atom stereocenters. The summed E-state index contributed by atoms with van der Waals surface area (Å²) in [4.78, 5) is 52.8. The molecule has 1 aromatic carbocycles. The predicted octanol–water partition coefficient (Wildman–Crippen LogP) is 2.54. The van der Waals surface area contributed by atoms with Gasteiger partial charge in [0.25, 0.3) is 11.2 Å². The molecule has 30 heavy (non-hydrogen) atoms. The Morgan fingerprint density at radius 3 is 2.47 bits per heavy atom. The number of nitro benzene ring substituents is 1. The molecule has 0 aliphatic carbocycles. The number of hydrogen-bond acceptors (Lipinski definition) is 6. The smallest absolute Gasteiger partial charge is 0.328 e. The third-order valence-electron chi connectivity index (χ3n) is 4.66. The van der Waals surface area contributed by atoms with Crippen LogP contribution < -0.4 is 21.3 Å². The van der Waals surface area contributed by atoms with E-state index in [1.165, 1.54) is 18.2 Å². The lowest BCUT2D eigenvalue weighted by molar-refractivity contribution is -0.384. The molecular weight excluding hydrogens is 392 g/mol. The fraction of sp³-hybridized carbons (Fsp3) is 0.450. The number of fused-ring (bicyclic) bond motifs is 2. The number of benzene rings is 1. The minimum Gasteiger partial charge on any atom is -0.440 e. The summed E-state index contributed by atoms with van der Waals surface area (Å²) in [5, 5.41) is 14.2. The van der Waals surface area contributed by atoms with Gasteiger partial charge < -0.3 is 10.1 Å². The summed E-state index contributed by atoms with van der Waals surface area (Å²) in [7, 11) is 0. The minimum absolute atomic E-state index is 0.0796. The van der Waals surface area contributed by atoms with Crippen molar-refractivity contribution < 1.29 is 14.5 Å². The lowest BCUT2D eigenvalue weighted by atomic mass is 9.81. The van der Waals surface area contributed by atoms with Gasteiger partial charge in [0, 0.05) is 23.2 Å². The molecule has 1 aromatic heterocycles. The molecule has 1 atom stereocenters. The zero-order valence-electron chi connectivity index (χ0n) is 17.4. The van der Waals surface area contributed by atoms with Crippen LogP contribution in [0.3, 0.4) is 0 Å². The molecule has 2 aromatic rings. The van der Waals surface area contributed by atoms with Gasteiger partial charge in [0.2, 0.25) is 11.8 Å². The van der Waals surface area contributed by atoms with Crippen LogP contribution in [-0.4, -0.2) is 26.3 Å². The first-order valence-electron chi connectivity index (χ1n) is 9.42. The average Bonchev–Trinajstić information content (AvgIpc) is 2.56. The molecule has 10 nitrogen and oxygen atoms in total. The molecule has 1 aliphatic rings. The van der Waals surface area contributed by atoms with Crippen molar-refractivity contribution >= 4 is 11.6 Å². The molecule has 0 bridgehead atoms. The second-order valence-corrected chi connectivity index (χ2v) is 9.28. The van der Waals surface area contributed by atoms with E-state index in [0.717, 1.165) is 0 Å². The van der Waals surface area contributed by atoms with Crippen LogP contribution in [0.25, 0.3) is 0 Å². The number of H-pyrrole nitrogens is 2. The third kappa shape index (κ3) is 4.27. The molecule has 3 rings (SSSR count). The lowest BCUT2D eigenvalue weighted by Gasteiger charge is -2.35. The van der Waals surface area contributed by atoms with Crippen LogP contribution in [0.2, 0.25) is 0 Å². The number of nitrogens with zero attached hydrogens (tertiary/aromatic N) is 1. The zero-order chi connectivity index (χ0) is 22.4. The standard InChI is InChI=1S/C20H24N4O6/c1-19(2,3)9-20(4,5)23-16(26)13-11-8-10(24(28)29)6-7-12(11)30-17-14(13)15(25)21-18(27)22-17/h6-8,13H,9H2,1-5H3,(H,23,26)(H2,21,22,25,27). The van der Waals surface area contributed by atoms with E-state index in [2.05, 4.69) is 15.3 Å². The number of carbonyl (C=O) groups is 1. The van der Waals surface area contributed by atoms with Crippen LogP contribution in [0.4, 0.5) is 5.69 Å². The quantitative estimate of drug-likeness (QED) is 0.515. The Kier molecular flexibility index (Phi) is 5.05. The summed E-state index contributed by atoms with van der Waals surface area (Å²) >= 11 is 0. The van der Waals surface area contributed by atoms with E-state index < -0.39 is 33.5 Å². The van der Waals surface area contributed by atoms with E-state index in [9.17, 15) is 24.5 Å². The molecular formula is C20H24N4O6. The van der Waals surface area contributed by atoms with Gasteiger partial charge in [-0.2, -0.15) is 0 Å². The molecule has 1 amide bonds. The predicted molar refractivity (Wildman–Crippen MR) is 109 cm³/mol. The average molecular weight is 416 g/mol. The van der Waals surface area contributed by atoms with Crippen molar-refractivity contribution in [1.82, 2.24) is 15.3 Å². The first-order valence-corrected chi connectivity index (χ1v) is 9.42. The maximum atomic E-state index is 13.4. The number of aromatic nitrogens is 2. The van der Waals surface area contributed by atoms with E-state index in [1.807, 2.05) is 34.6 Å². The SMILES string of the molecule is CC(C)(C)CC(C)(C)NC(=O)C1c2cc([N+](=O)[O-])ccc2Oc2[nH]c(=O)[nH]c(=O)c21. The second-order valence-electron chi connectivity index (χ2n) is 9.28. The van der Waals surface area contributed by atoms with E-state index >= 15 is 0 Å². The molecule has 1 aliphatic heterocycles. The van der Waals surface area contributed by atoms with E-state index in [1.54, 1.807) is 0 Å². The van der Waals surface area contributed by atoms with Crippen LogP contribution in [0, 0.1) is 15.5 Å². The third-order valence-corrected chi connectivity index (χ3v) is 4.66. The molecule has 0 radical (unpaired) electrons. The Morgan fingerprint density at radius 2 is 1.87 bits per heavy atom. The highest BCUT2D eigenvalue weighted by Crippen LogP contribution is 2.43. The van der Waals surface area contributed by atoms with E-state index in [0.29, 0.717) is 6.42 Å². The Hall–Kier alpha value is -3.43. The van der Waals surface area contributed by atoms with Gasteiger partial charge >= 0.3 is 5.69 Å². The normalized spacial score (nSPS) is 15.6. The highest BCUT2D eigenvalue weighted by molar-refractivity contribution is 5.90. The topological polar surface area (TPSA) is 147 Å². The summed E-state index contributed by atoms with van der Waals surface area (Å²) in [6.07, 6.45) is 0.644. The molecule has 0 saturated heterocycles. The number of nitro groups is 1. The molecule has 10 heteroatoms. The van der Waals surface area contributed by atoms with Crippen molar-refractivity contribution in [2.75, 3.05) is 0 Å². The van der Waals surface area contributed by atoms with Gasteiger partial charge in [-0.15, -0.1) is 0 Å². The summed E-state index contributed by atoms with van der Waals surface area (Å²) in [6, 6.07) is 3.79. The summed E-state index contributed by atoms with van der Waals surface area (Å²) in [6.45, 7) is 9.85. The number of rotatable bonds is 4. The van der Waals surface area contributed by atoms with Gasteiger partial charge in [0.15, 0.2) is 0 Å². The van der Waals surface area contributed by atoms with Crippen molar-refractivity contribution in [3.8, 4) is 11.6 Å². The minimum atomic E-state index is -1.19. The molecule has 0 saturated carbocycles. The number of non-ortho nitro benzene ring substituents is 1. The van der Waals surface area contributed by atoms with Crippen molar-refractivity contribution in [2.24, 2.45) is 5.41 Å². The Morgan fingerprint density at radius 1 is 1.20 bits per heavy atom. The highest BCUT2D eigenvalue weighted by Gasteiger charge is 2.39. The van der Waals surface area contributed by atoms with Crippen LogP contribution in [0.15, 0.2) is 27.8 Å². The van der Waals surface area contributed by atoms with Gasteiger partial charge in [-0.05, 0) is 31.7 Å². The van der Waals surface area contributed by atoms with Crippen LogP contribution in [0.1, 0.15) is 58.1 Å². The number of aromatic amines is 2. The Labute approximate surface area is 171 Å². The van der Waals surface area contributed by atoms with E-state index in [4.69, 9.17) is 4.74 Å². The summed E-state index contributed by atoms with van der Waals surface area (Å²) in [5.41, 5.74) is -2.44. The van der Waals surface area contributed by atoms with Crippen molar-refractivity contribution in [2.45, 2.75) is 52.5 Å². The lowest BCUT2D eigenvalue weighted by Crippen LogP contribution is -2.49. The summed E-state index contributed by atoms with van der Waals surface area (Å²) in [5.74, 6) is -1.71. The van der Waals surface area contributed by atoms with Gasteiger partial charge in [-0.3, -0.25) is 29.7 Å². The first kappa shape index (κ1) is 21.3. The largest absolute Gasteiger partial charge is 0.440 e. The van der Waals surface area contributed by atoms with E-state index in [-0.39, 0.29) is 33.9 Å². The van der Waals surface area contributed by atoms with Gasteiger partial charge in [0.05, 0.1) is 10.5 Å². The number of hydrogen-bond donors (Lipinski definition) is 3. The highest BCUT2D eigenvalue weighted by atomic mass is 16.6. The van der Waals surface area contributed by atoms with Crippen molar-refractivity contribution in [3.63, 3.8) is 0 Å². The number of carbonyl (C=O) groups excluding carboxylic acids is 1. The zero-order valence-corrected chi connectivity index (χ0v) is 17.4. The maximum Gasteiger partial charge on any atom is 0.328 e. The number of amides is 1. The van der Waals surface area contributed by atoms with Crippen LogP contribution in [-0.2, 0) is 4.79 Å². The van der Waals surface area contributed by atoms with Crippen molar-refractivity contribution in [3.05, 3.63) is 60.3 Å². The molecule has 2 heterocycles. The van der Waals surface area contributed by atoms with Crippen molar-refractivity contribution in [1.29, 1.82) is 0 Å².